The number of hydrogen-bond acceptors (Lipinski definition) is 2. The molecule has 1 fully saturated rings. The van der Waals surface area contributed by atoms with Crippen molar-refractivity contribution >= 4 is 0 Å². The first-order valence-corrected chi connectivity index (χ1v) is 11.7. The van der Waals surface area contributed by atoms with Gasteiger partial charge in [-0.1, -0.05) is 95.9 Å². The summed E-state index contributed by atoms with van der Waals surface area (Å²) in [5.41, 5.74) is 3.80. The van der Waals surface area contributed by atoms with Crippen LogP contribution < -0.4 is 0 Å². The van der Waals surface area contributed by atoms with Gasteiger partial charge in [0.25, 0.3) is 0 Å². The number of aryl methyl sites for hydroxylation is 2. The molecule has 0 bridgehead atoms. The fraction of sp³-hybridized carbons (Fsp3) is 0.615. The standard InChI is InChI=1S/C26H38N2/c1-3-5-6-8-22-9-11-23(12-10-22)13-14-24-19-27-26(28-20-24)25-17-15-21(7-4-2)16-18-25/h15-20,22-23H,3-14H2,1-2H3. The molecule has 1 aromatic carbocycles. The number of nitrogens with zero attached hydrogens (tertiary/aromatic N) is 2. The van der Waals surface area contributed by atoms with E-state index in [0.717, 1.165) is 36.1 Å². The molecule has 28 heavy (non-hydrogen) atoms. The second-order valence-corrected chi connectivity index (χ2v) is 8.78. The summed E-state index contributed by atoms with van der Waals surface area (Å²) in [7, 11) is 0. The molecule has 0 saturated heterocycles. The highest BCUT2D eigenvalue weighted by molar-refractivity contribution is 5.55. The van der Waals surface area contributed by atoms with E-state index in [4.69, 9.17) is 0 Å². The zero-order valence-corrected chi connectivity index (χ0v) is 18.0. The average Bonchev–Trinajstić information content (AvgIpc) is 2.75. The molecule has 1 aromatic heterocycles. The quantitative estimate of drug-likeness (QED) is 0.402. The third-order valence-electron chi connectivity index (χ3n) is 6.48. The van der Waals surface area contributed by atoms with E-state index in [1.165, 1.54) is 75.3 Å². The molecule has 1 aliphatic rings. The van der Waals surface area contributed by atoms with E-state index in [9.17, 15) is 0 Å². The van der Waals surface area contributed by atoms with Gasteiger partial charge >= 0.3 is 0 Å². The minimum atomic E-state index is 0.847. The predicted octanol–water partition coefficient (Wildman–Crippen LogP) is 7.42. The molecule has 1 heterocycles. The highest BCUT2D eigenvalue weighted by atomic mass is 14.9. The Morgan fingerprint density at radius 2 is 1.36 bits per heavy atom. The van der Waals surface area contributed by atoms with E-state index >= 15 is 0 Å². The van der Waals surface area contributed by atoms with E-state index in [0.29, 0.717) is 0 Å². The maximum Gasteiger partial charge on any atom is 0.159 e. The highest BCUT2D eigenvalue weighted by Gasteiger charge is 2.20. The first-order valence-electron chi connectivity index (χ1n) is 11.7. The molecular weight excluding hydrogens is 340 g/mol. The molecule has 1 saturated carbocycles. The third kappa shape index (κ3) is 6.43. The Labute approximate surface area is 172 Å². The van der Waals surface area contributed by atoms with Gasteiger partial charge in [-0.25, -0.2) is 9.97 Å². The van der Waals surface area contributed by atoms with Gasteiger partial charge in [-0.3, -0.25) is 0 Å². The fourth-order valence-corrected chi connectivity index (χ4v) is 4.60. The van der Waals surface area contributed by atoms with E-state index < -0.39 is 0 Å². The lowest BCUT2D eigenvalue weighted by molar-refractivity contribution is 0.249. The van der Waals surface area contributed by atoms with E-state index in [-0.39, 0.29) is 0 Å². The van der Waals surface area contributed by atoms with E-state index in [2.05, 4.69) is 48.1 Å². The van der Waals surface area contributed by atoms with Crippen molar-refractivity contribution in [2.24, 2.45) is 11.8 Å². The van der Waals surface area contributed by atoms with Crippen molar-refractivity contribution in [3.05, 3.63) is 47.8 Å². The van der Waals surface area contributed by atoms with Crippen molar-refractivity contribution in [2.45, 2.75) is 90.9 Å². The third-order valence-corrected chi connectivity index (χ3v) is 6.48. The summed E-state index contributed by atoms with van der Waals surface area (Å²) in [4.78, 5) is 9.26. The maximum absolute atomic E-state index is 4.63. The van der Waals surface area contributed by atoms with Gasteiger partial charge in [0.05, 0.1) is 0 Å². The smallest absolute Gasteiger partial charge is 0.159 e. The molecule has 0 aliphatic heterocycles. The van der Waals surface area contributed by atoms with Crippen molar-refractivity contribution in [3.8, 4) is 11.4 Å². The van der Waals surface area contributed by atoms with Crippen molar-refractivity contribution in [1.82, 2.24) is 9.97 Å². The first kappa shape index (κ1) is 21.0. The normalized spacial score (nSPS) is 19.6. The average molecular weight is 379 g/mol. The maximum atomic E-state index is 4.63. The minimum absolute atomic E-state index is 0.847. The summed E-state index contributed by atoms with van der Waals surface area (Å²) in [6.07, 6.45) is 20.3. The first-order chi connectivity index (χ1) is 13.8. The zero-order chi connectivity index (χ0) is 19.6. The molecule has 0 unspecified atom stereocenters. The van der Waals surface area contributed by atoms with Crippen LogP contribution in [0, 0.1) is 11.8 Å². The Hall–Kier alpha value is -1.70. The Kier molecular flexibility index (Phi) is 8.51. The zero-order valence-electron chi connectivity index (χ0n) is 18.0. The molecule has 0 amide bonds. The van der Waals surface area contributed by atoms with Crippen molar-refractivity contribution < 1.29 is 0 Å². The largest absolute Gasteiger partial charge is 0.236 e. The summed E-state index contributed by atoms with van der Waals surface area (Å²) in [6, 6.07) is 8.71. The molecule has 0 N–H and O–H groups in total. The molecule has 2 nitrogen and oxygen atoms in total. The van der Waals surface area contributed by atoms with Crippen LogP contribution in [0.2, 0.25) is 0 Å². The molecule has 0 radical (unpaired) electrons. The Morgan fingerprint density at radius 3 is 1.96 bits per heavy atom. The van der Waals surface area contributed by atoms with Crippen LogP contribution in [-0.4, -0.2) is 9.97 Å². The number of aromatic nitrogens is 2. The van der Waals surface area contributed by atoms with Gasteiger partial charge in [0.2, 0.25) is 0 Å². The lowest BCUT2D eigenvalue weighted by atomic mass is 9.78. The molecule has 0 atom stereocenters. The van der Waals surface area contributed by atoms with Crippen LogP contribution in [0.15, 0.2) is 36.7 Å². The van der Waals surface area contributed by atoms with Crippen LogP contribution in [0.4, 0.5) is 0 Å². The molecule has 3 rings (SSSR count). The SMILES string of the molecule is CCCCCC1CCC(CCc2cnc(-c3ccc(CCC)cc3)nc2)CC1. The summed E-state index contributed by atoms with van der Waals surface area (Å²) < 4.78 is 0. The summed E-state index contributed by atoms with van der Waals surface area (Å²) in [6.45, 7) is 4.52. The Morgan fingerprint density at radius 1 is 0.714 bits per heavy atom. The van der Waals surface area contributed by atoms with Gasteiger partial charge in [-0.05, 0) is 42.2 Å². The van der Waals surface area contributed by atoms with Gasteiger partial charge in [-0.2, -0.15) is 0 Å². The molecule has 152 valence electrons. The van der Waals surface area contributed by atoms with E-state index in [1.807, 2.05) is 12.4 Å². The Balaban J connectivity index is 1.42. The fourth-order valence-electron chi connectivity index (χ4n) is 4.60. The van der Waals surface area contributed by atoms with Gasteiger partial charge in [0, 0.05) is 18.0 Å². The monoisotopic (exact) mass is 378 g/mol. The van der Waals surface area contributed by atoms with Gasteiger partial charge in [-0.15, -0.1) is 0 Å². The number of rotatable bonds is 10. The molecule has 0 spiro atoms. The predicted molar refractivity (Wildman–Crippen MR) is 119 cm³/mol. The van der Waals surface area contributed by atoms with Crippen LogP contribution in [-0.2, 0) is 12.8 Å². The van der Waals surface area contributed by atoms with Gasteiger partial charge in [0.1, 0.15) is 0 Å². The molecule has 1 aliphatic carbocycles. The second kappa shape index (κ2) is 11.3. The number of benzene rings is 1. The number of hydrogen-bond donors (Lipinski definition) is 0. The van der Waals surface area contributed by atoms with Crippen LogP contribution in [0.1, 0.15) is 89.2 Å². The van der Waals surface area contributed by atoms with E-state index in [1.54, 1.807) is 0 Å². The van der Waals surface area contributed by atoms with Crippen LogP contribution >= 0.6 is 0 Å². The summed E-state index contributed by atoms with van der Waals surface area (Å²) in [5.74, 6) is 2.77. The molecule has 2 heteroatoms. The van der Waals surface area contributed by atoms with Crippen LogP contribution in [0.25, 0.3) is 11.4 Å². The summed E-state index contributed by atoms with van der Waals surface area (Å²) >= 11 is 0. The van der Waals surface area contributed by atoms with Gasteiger partial charge < -0.3 is 0 Å². The van der Waals surface area contributed by atoms with Crippen molar-refractivity contribution in [2.75, 3.05) is 0 Å². The number of unbranched alkanes of at least 4 members (excludes halogenated alkanes) is 2. The van der Waals surface area contributed by atoms with Crippen molar-refractivity contribution in [1.29, 1.82) is 0 Å². The molecular formula is C26H38N2. The highest BCUT2D eigenvalue weighted by Crippen LogP contribution is 2.34. The van der Waals surface area contributed by atoms with Crippen LogP contribution in [0.3, 0.4) is 0 Å². The molecule has 2 aromatic rings. The summed E-state index contributed by atoms with van der Waals surface area (Å²) in [5, 5.41) is 0. The van der Waals surface area contributed by atoms with Gasteiger partial charge in [0.15, 0.2) is 5.82 Å². The van der Waals surface area contributed by atoms with Crippen molar-refractivity contribution in [3.63, 3.8) is 0 Å². The van der Waals surface area contributed by atoms with Crippen LogP contribution in [0.5, 0.6) is 0 Å². The Bertz CT molecular complexity index is 667. The minimum Gasteiger partial charge on any atom is -0.236 e. The topological polar surface area (TPSA) is 25.8 Å². The lowest BCUT2D eigenvalue weighted by Gasteiger charge is -2.28. The lowest BCUT2D eigenvalue weighted by Crippen LogP contribution is -2.15. The second-order valence-electron chi connectivity index (χ2n) is 8.78.